The molecule has 0 bridgehead atoms. The van der Waals surface area contributed by atoms with Crippen LogP contribution in [0.25, 0.3) is 10.9 Å². The van der Waals surface area contributed by atoms with Crippen LogP contribution in [0, 0.1) is 0 Å². The first kappa shape index (κ1) is 19.8. The normalized spacial score (nSPS) is 13.3. The summed E-state index contributed by atoms with van der Waals surface area (Å²) in [5.74, 6) is 0.517. The van der Waals surface area contributed by atoms with Crippen molar-refractivity contribution in [2.24, 2.45) is 0 Å². The number of hydrogen-bond donors (Lipinski definition) is 1. The number of fused-ring (bicyclic) bond motifs is 3. The summed E-state index contributed by atoms with van der Waals surface area (Å²) < 4.78 is 1.95. The third-order valence-corrected chi connectivity index (χ3v) is 6.36. The maximum absolute atomic E-state index is 13.2. The molecule has 1 N–H and O–H groups in total. The Morgan fingerprint density at radius 1 is 1.07 bits per heavy atom. The van der Waals surface area contributed by atoms with Crippen LogP contribution in [-0.4, -0.2) is 22.1 Å². The maximum Gasteiger partial charge on any atom is 0.241 e. The van der Waals surface area contributed by atoms with Gasteiger partial charge in [-0.05, 0) is 61.9 Å². The first-order valence-corrected chi connectivity index (χ1v) is 11.3. The second-order valence-electron chi connectivity index (χ2n) is 7.49. The van der Waals surface area contributed by atoms with Crippen LogP contribution in [0.2, 0.25) is 0 Å². The summed E-state index contributed by atoms with van der Waals surface area (Å²) in [5, 5.41) is 4.14. The molecule has 0 atom stereocenters. The second-order valence-corrected chi connectivity index (χ2v) is 8.54. The highest BCUT2D eigenvalue weighted by atomic mass is 32.2. The lowest BCUT2D eigenvalue weighted by atomic mass is 9.96. The van der Waals surface area contributed by atoms with Crippen molar-refractivity contribution < 1.29 is 9.59 Å². The van der Waals surface area contributed by atoms with E-state index in [1.807, 2.05) is 41.8 Å². The zero-order chi connectivity index (χ0) is 20.2. The van der Waals surface area contributed by atoms with Gasteiger partial charge in [-0.1, -0.05) is 31.2 Å². The van der Waals surface area contributed by atoms with Gasteiger partial charge in [-0.2, -0.15) is 0 Å². The number of aryl methyl sites for hydroxylation is 1. The summed E-state index contributed by atoms with van der Waals surface area (Å²) in [6.45, 7) is 1.99. The number of amides is 1. The zero-order valence-electron chi connectivity index (χ0n) is 16.7. The quantitative estimate of drug-likeness (QED) is 0.535. The van der Waals surface area contributed by atoms with Gasteiger partial charge < -0.3 is 5.32 Å². The van der Waals surface area contributed by atoms with Crippen molar-refractivity contribution in [3.8, 4) is 0 Å². The van der Waals surface area contributed by atoms with Crippen molar-refractivity contribution in [3.05, 3.63) is 59.8 Å². The number of carbonyl (C=O) groups excluding carboxylic acids is 2. The number of rotatable bonds is 6. The molecule has 0 saturated heterocycles. The summed E-state index contributed by atoms with van der Waals surface area (Å²) in [6, 6.07) is 16.0. The van der Waals surface area contributed by atoms with E-state index in [9.17, 15) is 9.59 Å². The standard InChI is InChI=1S/C24H26N2O2S/c1-2-8-23(27)25-17-9-7-10-18(15-17)29-16-24(28)26-21-13-5-3-11-19(21)20-12-4-6-14-22(20)26/h3,5,7,9-11,13,15H,2,4,6,8,12,14,16H2,1H3,(H,25,27). The number of nitrogens with zero attached hydrogens (tertiary/aromatic N) is 1. The van der Waals surface area contributed by atoms with Crippen LogP contribution in [0.15, 0.2) is 53.4 Å². The van der Waals surface area contributed by atoms with Gasteiger partial charge in [0.1, 0.15) is 0 Å². The fourth-order valence-corrected chi connectivity index (χ4v) is 4.91. The van der Waals surface area contributed by atoms with Gasteiger partial charge in [0.2, 0.25) is 11.8 Å². The number of aromatic nitrogens is 1. The number of hydrogen-bond acceptors (Lipinski definition) is 3. The van der Waals surface area contributed by atoms with Gasteiger partial charge in [0.15, 0.2) is 0 Å². The molecule has 1 aromatic heterocycles. The van der Waals surface area contributed by atoms with Gasteiger partial charge in [-0.3, -0.25) is 14.2 Å². The van der Waals surface area contributed by atoms with Crippen LogP contribution in [0.5, 0.6) is 0 Å². The van der Waals surface area contributed by atoms with Crippen molar-refractivity contribution in [1.29, 1.82) is 0 Å². The third kappa shape index (κ3) is 4.25. The first-order valence-electron chi connectivity index (χ1n) is 10.3. The Morgan fingerprint density at radius 3 is 2.76 bits per heavy atom. The molecule has 3 aromatic rings. The Morgan fingerprint density at radius 2 is 1.90 bits per heavy atom. The predicted octanol–water partition coefficient (Wildman–Crippen LogP) is 5.69. The molecule has 1 heterocycles. The number of para-hydroxylation sites is 1. The van der Waals surface area contributed by atoms with Gasteiger partial charge in [0.25, 0.3) is 0 Å². The molecule has 1 amide bonds. The summed E-state index contributed by atoms with van der Waals surface area (Å²) in [6.07, 6.45) is 5.71. The molecule has 0 aliphatic heterocycles. The van der Waals surface area contributed by atoms with E-state index in [0.29, 0.717) is 12.2 Å². The Labute approximate surface area is 175 Å². The topological polar surface area (TPSA) is 51.1 Å². The van der Waals surface area contributed by atoms with Gasteiger partial charge in [0.05, 0.1) is 11.3 Å². The molecule has 0 unspecified atom stereocenters. The minimum absolute atomic E-state index is 0.0242. The smallest absolute Gasteiger partial charge is 0.241 e. The summed E-state index contributed by atoms with van der Waals surface area (Å²) in [5.41, 5.74) is 4.37. The lowest BCUT2D eigenvalue weighted by molar-refractivity contribution is -0.116. The van der Waals surface area contributed by atoms with Crippen LogP contribution < -0.4 is 5.32 Å². The molecule has 29 heavy (non-hydrogen) atoms. The molecule has 1 aliphatic rings. The maximum atomic E-state index is 13.2. The molecule has 0 fully saturated rings. The van der Waals surface area contributed by atoms with E-state index in [1.54, 1.807) is 0 Å². The Bertz CT molecular complexity index is 1050. The van der Waals surface area contributed by atoms with E-state index in [1.165, 1.54) is 34.8 Å². The number of carbonyl (C=O) groups is 2. The fourth-order valence-electron chi connectivity index (χ4n) is 4.10. The average molecular weight is 407 g/mol. The molecule has 0 radical (unpaired) electrons. The minimum Gasteiger partial charge on any atom is -0.326 e. The van der Waals surface area contributed by atoms with Gasteiger partial charge in [-0.25, -0.2) is 0 Å². The lowest BCUT2D eigenvalue weighted by Crippen LogP contribution is -2.18. The van der Waals surface area contributed by atoms with E-state index in [0.717, 1.165) is 41.8 Å². The van der Waals surface area contributed by atoms with Crippen molar-refractivity contribution in [2.45, 2.75) is 50.3 Å². The van der Waals surface area contributed by atoms with E-state index >= 15 is 0 Å². The van der Waals surface area contributed by atoms with Gasteiger partial charge in [0, 0.05) is 28.1 Å². The zero-order valence-corrected chi connectivity index (χ0v) is 17.6. The number of thioether (sulfide) groups is 1. The monoisotopic (exact) mass is 406 g/mol. The number of benzene rings is 2. The Hall–Kier alpha value is -2.53. The number of anilines is 1. The SMILES string of the molecule is CCCC(=O)Nc1cccc(SCC(=O)n2c3c(c4ccccc42)CCCC3)c1. The van der Waals surface area contributed by atoms with Crippen LogP contribution in [0.4, 0.5) is 5.69 Å². The predicted molar refractivity (Wildman–Crippen MR) is 120 cm³/mol. The molecule has 0 saturated carbocycles. The molecule has 1 aliphatic carbocycles. The first-order chi connectivity index (χ1) is 14.2. The molecule has 4 nitrogen and oxygen atoms in total. The summed E-state index contributed by atoms with van der Waals surface area (Å²) in [7, 11) is 0. The minimum atomic E-state index is 0.0242. The Balaban J connectivity index is 1.52. The van der Waals surface area contributed by atoms with Crippen LogP contribution in [0.3, 0.4) is 0 Å². The van der Waals surface area contributed by atoms with Crippen molar-refractivity contribution in [3.63, 3.8) is 0 Å². The van der Waals surface area contributed by atoms with E-state index in [2.05, 4.69) is 23.5 Å². The lowest BCUT2D eigenvalue weighted by Gasteiger charge is -2.15. The number of nitrogens with one attached hydrogen (secondary N) is 1. The highest BCUT2D eigenvalue weighted by molar-refractivity contribution is 8.00. The van der Waals surface area contributed by atoms with Crippen molar-refractivity contribution >= 4 is 40.2 Å². The third-order valence-electron chi connectivity index (χ3n) is 5.39. The highest BCUT2D eigenvalue weighted by Crippen LogP contribution is 2.33. The van der Waals surface area contributed by atoms with Crippen molar-refractivity contribution in [1.82, 2.24) is 4.57 Å². The molecule has 4 rings (SSSR count). The fraction of sp³-hybridized carbons (Fsp3) is 0.333. The molecule has 150 valence electrons. The van der Waals surface area contributed by atoms with E-state index < -0.39 is 0 Å². The highest BCUT2D eigenvalue weighted by Gasteiger charge is 2.23. The molecular formula is C24H26N2O2S. The van der Waals surface area contributed by atoms with Crippen LogP contribution in [-0.2, 0) is 17.6 Å². The van der Waals surface area contributed by atoms with Crippen LogP contribution >= 0.6 is 11.8 Å². The Kier molecular flexibility index (Phi) is 6.05. The molecule has 5 heteroatoms. The van der Waals surface area contributed by atoms with Gasteiger partial charge in [-0.15, -0.1) is 11.8 Å². The van der Waals surface area contributed by atoms with Gasteiger partial charge >= 0.3 is 0 Å². The largest absolute Gasteiger partial charge is 0.326 e. The summed E-state index contributed by atoms with van der Waals surface area (Å²) in [4.78, 5) is 26.0. The van der Waals surface area contributed by atoms with Crippen LogP contribution in [0.1, 0.15) is 48.7 Å². The molecular weight excluding hydrogens is 380 g/mol. The molecule has 0 spiro atoms. The summed E-state index contributed by atoms with van der Waals surface area (Å²) >= 11 is 1.52. The average Bonchev–Trinajstić information content (AvgIpc) is 3.07. The molecule has 2 aromatic carbocycles. The van der Waals surface area contributed by atoms with Crippen molar-refractivity contribution in [2.75, 3.05) is 11.1 Å². The second kappa shape index (κ2) is 8.87. The van der Waals surface area contributed by atoms with E-state index in [4.69, 9.17) is 0 Å². The van der Waals surface area contributed by atoms with E-state index in [-0.39, 0.29) is 11.8 Å².